The molecule has 1 unspecified atom stereocenters. The molecule has 0 saturated carbocycles. The molecule has 0 radical (unpaired) electrons. The third kappa shape index (κ3) is 2.56. The second-order valence-corrected chi connectivity index (χ2v) is 6.95. The van der Waals surface area contributed by atoms with Crippen molar-refractivity contribution in [3.8, 4) is 0 Å². The van der Waals surface area contributed by atoms with E-state index < -0.39 is 33.8 Å². The first kappa shape index (κ1) is 16.9. The van der Waals surface area contributed by atoms with Crippen LogP contribution in [0.3, 0.4) is 0 Å². The SMILES string of the molecule is CCN1C(=O)c2ccc(C(=O)N(C)C(C)C(=O)O)cc2S1(=O)=O. The monoisotopic (exact) mass is 340 g/mol. The number of hydrogen-bond acceptors (Lipinski definition) is 5. The van der Waals surface area contributed by atoms with Gasteiger partial charge in [-0.1, -0.05) is 0 Å². The van der Waals surface area contributed by atoms with E-state index in [1.165, 1.54) is 33.0 Å². The van der Waals surface area contributed by atoms with E-state index in [0.717, 1.165) is 15.3 Å². The number of aliphatic carboxylic acids is 1. The predicted molar refractivity (Wildman–Crippen MR) is 79.5 cm³/mol. The van der Waals surface area contributed by atoms with E-state index in [-0.39, 0.29) is 22.6 Å². The van der Waals surface area contributed by atoms with E-state index >= 15 is 0 Å². The van der Waals surface area contributed by atoms with Gasteiger partial charge in [0.25, 0.3) is 21.8 Å². The molecule has 2 amide bonds. The van der Waals surface area contributed by atoms with E-state index in [9.17, 15) is 22.8 Å². The Hall–Kier alpha value is -2.42. The molecule has 1 aromatic rings. The summed E-state index contributed by atoms with van der Waals surface area (Å²) in [5, 5.41) is 8.95. The number of sulfonamides is 1. The van der Waals surface area contributed by atoms with Crippen LogP contribution in [0, 0.1) is 0 Å². The summed E-state index contributed by atoms with van der Waals surface area (Å²) < 4.78 is 25.3. The van der Waals surface area contributed by atoms with Crippen LogP contribution in [0.1, 0.15) is 34.6 Å². The molecule has 1 N–H and O–H groups in total. The number of fused-ring (bicyclic) bond motifs is 1. The number of carbonyl (C=O) groups is 3. The molecular weight excluding hydrogens is 324 g/mol. The van der Waals surface area contributed by atoms with Crippen molar-refractivity contribution in [3.05, 3.63) is 29.3 Å². The molecule has 1 aromatic carbocycles. The number of rotatable bonds is 4. The third-order valence-electron chi connectivity index (χ3n) is 3.80. The average molecular weight is 340 g/mol. The van der Waals surface area contributed by atoms with Gasteiger partial charge in [-0.05, 0) is 32.0 Å². The molecular formula is C14H16N2O6S. The Morgan fingerprint density at radius 3 is 2.48 bits per heavy atom. The van der Waals surface area contributed by atoms with Crippen molar-refractivity contribution in [1.29, 1.82) is 0 Å². The maximum atomic E-state index is 12.3. The third-order valence-corrected chi connectivity index (χ3v) is 5.70. The van der Waals surface area contributed by atoms with Gasteiger partial charge in [0.1, 0.15) is 10.9 Å². The average Bonchev–Trinajstić information content (AvgIpc) is 2.70. The number of carboxylic acid groups (broad SMARTS) is 1. The minimum absolute atomic E-state index is 0.00488. The Labute approximate surface area is 133 Å². The van der Waals surface area contributed by atoms with Crippen molar-refractivity contribution < 1.29 is 27.9 Å². The highest BCUT2D eigenvalue weighted by molar-refractivity contribution is 7.90. The van der Waals surface area contributed by atoms with Gasteiger partial charge in [-0.25, -0.2) is 17.5 Å². The molecule has 0 aliphatic carbocycles. The van der Waals surface area contributed by atoms with Crippen molar-refractivity contribution in [3.63, 3.8) is 0 Å². The van der Waals surface area contributed by atoms with E-state index in [4.69, 9.17) is 5.11 Å². The highest BCUT2D eigenvalue weighted by atomic mass is 32.2. The lowest BCUT2D eigenvalue weighted by atomic mass is 10.1. The minimum Gasteiger partial charge on any atom is -0.480 e. The van der Waals surface area contributed by atoms with Gasteiger partial charge in [-0.2, -0.15) is 0 Å². The summed E-state index contributed by atoms with van der Waals surface area (Å²) >= 11 is 0. The molecule has 0 saturated heterocycles. The van der Waals surface area contributed by atoms with Gasteiger partial charge in [-0.3, -0.25) is 9.59 Å². The standard InChI is InChI=1S/C14H16N2O6S/c1-4-16-13(18)10-6-5-9(7-11(10)23(16,21)22)12(17)15(3)8(2)14(19)20/h5-8H,4H2,1-3H3,(H,19,20). The molecule has 8 nitrogen and oxygen atoms in total. The Bertz CT molecular complexity index is 801. The maximum absolute atomic E-state index is 12.3. The molecule has 1 atom stereocenters. The molecule has 0 spiro atoms. The molecule has 0 fully saturated rings. The number of amides is 2. The Morgan fingerprint density at radius 2 is 1.96 bits per heavy atom. The highest BCUT2D eigenvalue weighted by Gasteiger charge is 2.40. The van der Waals surface area contributed by atoms with Gasteiger partial charge < -0.3 is 10.0 Å². The molecule has 9 heteroatoms. The highest BCUT2D eigenvalue weighted by Crippen LogP contribution is 2.31. The second kappa shape index (κ2) is 5.65. The summed E-state index contributed by atoms with van der Waals surface area (Å²) in [6.45, 7) is 2.87. The zero-order valence-electron chi connectivity index (χ0n) is 12.8. The molecule has 1 aliphatic rings. The second-order valence-electron chi connectivity index (χ2n) is 5.12. The van der Waals surface area contributed by atoms with Crippen LogP contribution >= 0.6 is 0 Å². The lowest BCUT2D eigenvalue weighted by Gasteiger charge is -2.21. The van der Waals surface area contributed by atoms with Crippen LogP contribution in [0.15, 0.2) is 23.1 Å². The van der Waals surface area contributed by atoms with E-state index in [1.807, 2.05) is 0 Å². The smallest absolute Gasteiger partial charge is 0.326 e. The predicted octanol–water partition coefficient (Wildman–Crippen LogP) is 0.396. The van der Waals surface area contributed by atoms with Crippen molar-refractivity contribution in [2.75, 3.05) is 13.6 Å². The van der Waals surface area contributed by atoms with E-state index in [0.29, 0.717) is 0 Å². The van der Waals surface area contributed by atoms with Crippen LogP contribution in [0.2, 0.25) is 0 Å². The molecule has 124 valence electrons. The first-order valence-corrected chi connectivity index (χ1v) is 8.28. The fourth-order valence-electron chi connectivity index (χ4n) is 2.27. The number of benzene rings is 1. The number of hydrogen-bond donors (Lipinski definition) is 1. The van der Waals surface area contributed by atoms with Gasteiger partial charge >= 0.3 is 5.97 Å². The summed E-state index contributed by atoms with van der Waals surface area (Å²) in [6, 6.07) is 2.64. The van der Waals surface area contributed by atoms with E-state index in [2.05, 4.69) is 0 Å². The minimum atomic E-state index is -3.97. The lowest BCUT2D eigenvalue weighted by molar-refractivity contribution is -0.141. The molecule has 0 bridgehead atoms. The van der Waals surface area contributed by atoms with Crippen molar-refractivity contribution in [2.24, 2.45) is 0 Å². The Morgan fingerprint density at radius 1 is 1.35 bits per heavy atom. The van der Waals surface area contributed by atoms with Crippen LogP contribution in [-0.2, 0) is 14.8 Å². The summed E-state index contributed by atoms with van der Waals surface area (Å²) in [7, 11) is -2.66. The van der Waals surface area contributed by atoms with Crippen LogP contribution < -0.4 is 0 Å². The molecule has 1 aliphatic heterocycles. The van der Waals surface area contributed by atoms with Crippen LogP contribution in [-0.4, -0.2) is 60.1 Å². The van der Waals surface area contributed by atoms with Crippen molar-refractivity contribution in [1.82, 2.24) is 9.21 Å². The van der Waals surface area contributed by atoms with Gasteiger partial charge in [-0.15, -0.1) is 0 Å². The van der Waals surface area contributed by atoms with Crippen LogP contribution in [0.4, 0.5) is 0 Å². The summed E-state index contributed by atoms with van der Waals surface area (Å²) in [6.07, 6.45) is 0. The normalized spacial score (nSPS) is 16.8. The summed E-state index contributed by atoms with van der Waals surface area (Å²) in [4.78, 5) is 36.0. The van der Waals surface area contributed by atoms with Gasteiger partial charge in [0.2, 0.25) is 0 Å². The van der Waals surface area contributed by atoms with Crippen molar-refractivity contribution in [2.45, 2.75) is 24.8 Å². The first-order chi connectivity index (χ1) is 10.6. The summed E-state index contributed by atoms with van der Waals surface area (Å²) in [5.74, 6) is -2.45. The summed E-state index contributed by atoms with van der Waals surface area (Å²) in [5.41, 5.74) is 0.0195. The zero-order valence-corrected chi connectivity index (χ0v) is 13.6. The Kier molecular flexibility index (Phi) is 4.16. The zero-order chi connectivity index (χ0) is 17.5. The number of nitrogens with zero attached hydrogens (tertiary/aromatic N) is 2. The molecule has 1 heterocycles. The maximum Gasteiger partial charge on any atom is 0.326 e. The molecule has 2 rings (SSSR count). The fraction of sp³-hybridized carbons (Fsp3) is 0.357. The van der Waals surface area contributed by atoms with Gasteiger partial charge in [0, 0.05) is 19.2 Å². The number of likely N-dealkylation sites (N-methyl/N-ethyl adjacent to an activating group) is 1. The van der Waals surface area contributed by atoms with Gasteiger partial charge in [0.05, 0.1) is 5.56 Å². The van der Waals surface area contributed by atoms with Crippen LogP contribution in [0.5, 0.6) is 0 Å². The number of carbonyl (C=O) groups excluding carboxylic acids is 2. The number of carboxylic acids is 1. The fourth-order valence-corrected chi connectivity index (χ4v) is 3.87. The van der Waals surface area contributed by atoms with Crippen LogP contribution in [0.25, 0.3) is 0 Å². The Balaban J connectivity index is 2.46. The topological polar surface area (TPSA) is 112 Å². The lowest BCUT2D eigenvalue weighted by Crippen LogP contribution is -2.40. The van der Waals surface area contributed by atoms with Crippen molar-refractivity contribution >= 4 is 27.8 Å². The largest absolute Gasteiger partial charge is 0.480 e. The molecule has 0 aromatic heterocycles. The quantitative estimate of drug-likeness (QED) is 0.849. The van der Waals surface area contributed by atoms with Gasteiger partial charge in [0.15, 0.2) is 0 Å². The molecule has 23 heavy (non-hydrogen) atoms. The first-order valence-electron chi connectivity index (χ1n) is 6.84. The van der Waals surface area contributed by atoms with E-state index in [1.54, 1.807) is 0 Å².